The van der Waals surface area contributed by atoms with Gasteiger partial charge in [-0.05, 0) is 24.3 Å². The van der Waals surface area contributed by atoms with Gasteiger partial charge in [0, 0.05) is 12.7 Å². The fourth-order valence-corrected chi connectivity index (χ4v) is 1.23. The van der Waals surface area contributed by atoms with Gasteiger partial charge in [0.1, 0.15) is 18.0 Å². The van der Waals surface area contributed by atoms with Gasteiger partial charge in [-0.3, -0.25) is 4.68 Å². The van der Waals surface area contributed by atoms with Crippen molar-refractivity contribution in [2.45, 2.75) is 6.54 Å². The first kappa shape index (κ1) is 9.64. The lowest BCUT2D eigenvalue weighted by atomic mass is 10.3. The summed E-state index contributed by atoms with van der Waals surface area (Å²) in [6, 6.07) is 6.20. The van der Waals surface area contributed by atoms with Crippen LogP contribution in [0.2, 0.25) is 0 Å². The summed E-state index contributed by atoms with van der Waals surface area (Å²) >= 11 is 0. The van der Waals surface area contributed by atoms with Crippen LogP contribution in [0, 0.1) is 5.82 Å². The van der Waals surface area contributed by atoms with Crippen LogP contribution in [-0.4, -0.2) is 14.8 Å². The minimum Gasteiger partial charge on any atom is -0.378 e. The second-order valence-corrected chi connectivity index (χ2v) is 3.16. The summed E-state index contributed by atoms with van der Waals surface area (Å²) in [5.74, 6) is 0.596. The summed E-state index contributed by atoms with van der Waals surface area (Å²) in [4.78, 5) is 4.06. The van der Waals surface area contributed by atoms with E-state index in [2.05, 4.69) is 15.4 Å². The van der Waals surface area contributed by atoms with E-state index in [9.17, 15) is 4.39 Å². The molecule has 0 aliphatic rings. The van der Waals surface area contributed by atoms with E-state index in [1.165, 1.54) is 18.5 Å². The second kappa shape index (κ2) is 4.08. The molecule has 15 heavy (non-hydrogen) atoms. The van der Waals surface area contributed by atoms with Gasteiger partial charge in [0.05, 0.1) is 6.54 Å². The Hall–Kier alpha value is -1.91. The smallest absolute Gasteiger partial charge is 0.145 e. The lowest BCUT2D eigenvalue weighted by molar-refractivity contribution is 0.628. The third-order valence-corrected chi connectivity index (χ3v) is 2.10. The SMILES string of the molecule is Cn1ncnc1CNc1ccc(F)cc1. The summed E-state index contributed by atoms with van der Waals surface area (Å²) in [5, 5.41) is 7.07. The van der Waals surface area contributed by atoms with Crippen LogP contribution < -0.4 is 5.32 Å². The minimum atomic E-state index is -0.237. The van der Waals surface area contributed by atoms with Crippen molar-refractivity contribution in [1.82, 2.24) is 14.8 Å². The topological polar surface area (TPSA) is 42.7 Å². The highest BCUT2D eigenvalue weighted by Gasteiger charge is 1.99. The Morgan fingerprint density at radius 1 is 1.33 bits per heavy atom. The molecule has 1 heterocycles. The van der Waals surface area contributed by atoms with E-state index in [4.69, 9.17) is 0 Å². The lowest BCUT2D eigenvalue weighted by Crippen LogP contribution is -2.06. The van der Waals surface area contributed by atoms with Crippen LogP contribution in [0.15, 0.2) is 30.6 Å². The van der Waals surface area contributed by atoms with E-state index in [1.54, 1.807) is 16.8 Å². The van der Waals surface area contributed by atoms with E-state index in [0.717, 1.165) is 11.5 Å². The van der Waals surface area contributed by atoms with E-state index >= 15 is 0 Å². The molecule has 5 heteroatoms. The molecule has 0 bridgehead atoms. The summed E-state index contributed by atoms with van der Waals surface area (Å²) in [5.41, 5.74) is 0.861. The van der Waals surface area contributed by atoms with E-state index < -0.39 is 0 Å². The molecule has 1 N–H and O–H groups in total. The lowest BCUT2D eigenvalue weighted by Gasteiger charge is -2.04. The second-order valence-electron chi connectivity index (χ2n) is 3.16. The van der Waals surface area contributed by atoms with Gasteiger partial charge in [0.25, 0.3) is 0 Å². The molecule has 0 unspecified atom stereocenters. The van der Waals surface area contributed by atoms with E-state index in [1.807, 2.05) is 7.05 Å². The number of hydrogen-bond acceptors (Lipinski definition) is 3. The number of aromatic nitrogens is 3. The molecule has 0 saturated heterocycles. The van der Waals surface area contributed by atoms with Crippen molar-refractivity contribution >= 4 is 5.69 Å². The summed E-state index contributed by atoms with van der Waals surface area (Å²) < 4.78 is 14.3. The molecule has 0 fully saturated rings. The van der Waals surface area contributed by atoms with Gasteiger partial charge in [-0.25, -0.2) is 9.37 Å². The van der Waals surface area contributed by atoms with Crippen molar-refractivity contribution in [3.63, 3.8) is 0 Å². The number of anilines is 1. The number of benzene rings is 1. The van der Waals surface area contributed by atoms with Crippen LogP contribution in [0.5, 0.6) is 0 Å². The number of halogens is 1. The molecule has 2 aromatic rings. The van der Waals surface area contributed by atoms with Gasteiger partial charge >= 0.3 is 0 Å². The number of nitrogens with zero attached hydrogens (tertiary/aromatic N) is 3. The first-order chi connectivity index (χ1) is 7.25. The molecule has 0 saturated carbocycles. The van der Waals surface area contributed by atoms with E-state index in [-0.39, 0.29) is 5.82 Å². The monoisotopic (exact) mass is 206 g/mol. The molecular formula is C10H11FN4. The van der Waals surface area contributed by atoms with Crippen LogP contribution in [-0.2, 0) is 13.6 Å². The maximum atomic E-state index is 12.6. The van der Waals surface area contributed by atoms with Gasteiger partial charge < -0.3 is 5.32 Å². The Labute approximate surface area is 86.8 Å². The third kappa shape index (κ3) is 2.31. The van der Waals surface area contributed by atoms with Crippen LogP contribution in [0.25, 0.3) is 0 Å². The first-order valence-corrected chi connectivity index (χ1v) is 4.58. The molecule has 2 rings (SSSR count). The Morgan fingerprint density at radius 2 is 2.07 bits per heavy atom. The zero-order valence-corrected chi connectivity index (χ0v) is 8.31. The average molecular weight is 206 g/mol. The normalized spacial score (nSPS) is 10.3. The highest BCUT2D eigenvalue weighted by atomic mass is 19.1. The third-order valence-electron chi connectivity index (χ3n) is 2.10. The Morgan fingerprint density at radius 3 is 2.67 bits per heavy atom. The van der Waals surface area contributed by atoms with Crippen molar-refractivity contribution in [2.24, 2.45) is 7.05 Å². The zero-order valence-electron chi connectivity index (χ0n) is 8.31. The fourth-order valence-electron chi connectivity index (χ4n) is 1.23. The van der Waals surface area contributed by atoms with Crippen LogP contribution in [0.4, 0.5) is 10.1 Å². The predicted molar refractivity (Wildman–Crippen MR) is 54.7 cm³/mol. The molecule has 0 radical (unpaired) electrons. The molecule has 4 nitrogen and oxygen atoms in total. The van der Waals surface area contributed by atoms with Crippen molar-refractivity contribution in [1.29, 1.82) is 0 Å². The van der Waals surface area contributed by atoms with Gasteiger partial charge in [0.15, 0.2) is 0 Å². The molecule has 1 aromatic carbocycles. The average Bonchev–Trinajstić information content (AvgIpc) is 2.63. The quantitative estimate of drug-likeness (QED) is 0.828. The number of hydrogen-bond donors (Lipinski definition) is 1. The van der Waals surface area contributed by atoms with Gasteiger partial charge in [0.2, 0.25) is 0 Å². The summed E-state index contributed by atoms with van der Waals surface area (Å²) in [6.45, 7) is 0.572. The van der Waals surface area contributed by atoms with Crippen LogP contribution in [0.1, 0.15) is 5.82 Å². The molecule has 0 amide bonds. The minimum absolute atomic E-state index is 0.237. The Bertz CT molecular complexity index is 435. The molecule has 0 spiro atoms. The van der Waals surface area contributed by atoms with Gasteiger partial charge in [-0.2, -0.15) is 5.10 Å². The summed E-state index contributed by atoms with van der Waals surface area (Å²) in [7, 11) is 1.83. The fraction of sp³-hybridized carbons (Fsp3) is 0.200. The first-order valence-electron chi connectivity index (χ1n) is 4.58. The van der Waals surface area contributed by atoms with E-state index in [0.29, 0.717) is 6.54 Å². The highest BCUT2D eigenvalue weighted by molar-refractivity contribution is 5.42. The largest absolute Gasteiger partial charge is 0.378 e. The molecule has 1 aromatic heterocycles. The van der Waals surface area contributed by atoms with Crippen LogP contribution in [0.3, 0.4) is 0 Å². The molecular weight excluding hydrogens is 195 g/mol. The van der Waals surface area contributed by atoms with Crippen molar-refractivity contribution < 1.29 is 4.39 Å². The predicted octanol–water partition coefficient (Wildman–Crippen LogP) is 1.57. The zero-order chi connectivity index (χ0) is 10.7. The maximum Gasteiger partial charge on any atom is 0.145 e. The molecule has 0 aliphatic heterocycles. The maximum absolute atomic E-state index is 12.6. The summed E-state index contributed by atoms with van der Waals surface area (Å²) in [6.07, 6.45) is 1.50. The Balaban J connectivity index is 1.99. The number of rotatable bonds is 3. The van der Waals surface area contributed by atoms with Gasteiger partial charge in [-0.15, -0.1) is 0 Å². The van der Waals surface area contributed by atoms with Gasteiger partial charge in [-0.1, -0.05) is 0 Å². The molecule has 0 atom stereocenters. The molecule has 78 valence electrons. The van der Waals surface area contributed by atoms with Crippen molar-refractivity contribution in [3.05, 3.63) is 42.2 Å². The number of nitrogens with one attached hydrogen (secondary N) is 1. The molecule has 0 aliphatic carbocycles. The standard InChI is InChI=1S/C10H11FN4/c1-15-10(13-7-14-15)6-12-9-4-2-8(11)3-5-9/h2-5,7,12H,6H2,1H3. The van der Waals surface area contributed by atoms with Crippen LogP contribution >= 0.6 is 0 Å². The number of aryl methyl sites for hydroxylation is 1. The van der Waals surface area contributed by atoms with Crippen molar-refractivity contribution in [2.75, 3.05) is 5.32 Å². The van der Waals surface area contributed by atoms with Crippen molar-refractivity contribution in [3.8, 4) is 0 Å². The highest BCUT2D eigenvalue weighted by Crippen LogP contribution is 2.08. The Kier molecular flexibility index (Phi) is 2.62.